The molecule has 1 aromatic heterocycles. The van der Waals surface area contributed by atoms with Gasteiger partial charge in [-0.05, 0) is 17.7 Å². The first kappa shape index (κ1) is 19.1. The molecule has 0 aliphatic carbocycles. The summed E-state index contributed by atoms with van der Waals surface area (Å²) in [4.78, 5) is 3.33. The van der Waals surface area contributed by atoms with Gasteiger partial charge in [0.2, 0.25) is 0 Å². The number of hydrogen-bond donors (Lipinski definition) is 1. The van der Waals surface area contributed by atoms with Gasteiger partial charge in [-0.2, -0.15) is 35.8 Å². The average molecular weight is 375 g/mol. The van der Waals surface area contributed by atoms with Gasteiger partial charge in [0.05, 0.1) is 6.54 Å². The summed E-state index contributed by atoms with van der Waals surface area (Å²) in [6.07, 6.45) is -5.12. The number of benzene rings is 1. The molecule has 0 fully saturated rings. The lowest BCUT2D eigenvalue weighted by Crippen LogP contribution is -2.63. The van der Waals surface area contributed by atoms with Crippen molar-refractivity contribution in [1.29, 1.82) is 0 Å². The summed E-state index contributed by atoms with van der Waals surface area (Å²) in [6, 6.07) is 2.02. The smallest absolute Gasteiger partial charge is 0.377 e. The molecule has 1 unspecified atom stereocenters. The first-order chi connectivity index (χ1) is 11.3. The van der Waals surface area contributed by atoms with E-state index in [1.807, 2.05) is 0 Å². The van der Waals surface area contributed by atoms with Crippen LogP contribution >= 0.6 is 0 Å². The molecule has 25 heavy (non-hydrogen) atoms. The Bertz CT molecular complexity index is 714. The van der Waals surface area contributed by atoms with Gasteiger partial charge in [-0.25, -0.2) is 14.1 Å². The van der Waals surface area contributed by atoms with Crippen LogP contribution in [0.5, 0.6) is 0 Å². The molecule has 1 heterocycles. The minimum Gasteiger partial charge on any atom is -0.377 e. The van der Waals surface area contributed by atoms with Gasteiger partial charge in [-0.15, -0.1) is 0 Å². The van der Waals surface area contributed by atoms with Crippen LogP contribution in [0.2, 0.25) is 0 Å². The van der Waals surface area contributed by atoms with Crippen LogP contribution in [0, 0.1) is 5.82 Å². The lowest BCUT2D eigenvalue weighted by Gasteiger charge is -2.40. The maximum absolute atomic E-state index is 14.2. The summed E-state index contributed by atoms with van der Waals surface area (Å²) in [5.74, 6) is -13.6. The summed E-state index contributed by atoms with van der Waals surface area (Å²) in [5.41, 5.74) is -5.12. The van der Waals surface area contributed by atoms with E-state index >= 15 is 0 Å². The number of hydrogen-bond acceptors (Lipinski definition) is 3. The van der Waals surface area contributed by atoms with Crippen LogP contribution in [0.25, 0.3) is 0 Å². The predicted molar refractivity (Wildman–Crippen MR) is 66.3 cm³/mol. The van der Waals surface area contributed by atoms with E-state index in [0.717, 1.165) is 12.7 Å². The average Bonchev–Trinajstić information content (AvgIpc) is 2.99. The Hall–Kier alpha value is -2.24. The number of halogens is 8. The van der Waals surface area contributed by atoms with Crippen LogP contribution in [0.4, 0.5) is 35.1 Å². The largest absolute Gasteiger partial charge is 0.460 e. The molecule has 0 amide bonds. The van der Waals surface area contributed by atoms with Crippen molar-refractivity contribution < 1.29 is 40.2 Å². The highest BCUT2D eigenvalue weighted by Gasteiger charge is 2.80. The Morgan fingerprint density at radius 2 is 1.48 bits per heavy atom. The van der Waals surface area contributed by atoms with Gasteiger partial charge in [0.1, 0.15) is 18.5 Å². The second-order valence-corrected chi connectivity index (χ2v) is 5.11. The van der Waals surface area contributed by atoms with Crippen LogP contribution in [0.1, 0.15) is 5.56 Å². The number of alkyl halides is 7. The van der Waals surface area contributed by atoms with E-state index in [0.29, 0.717) is 28.9 Å². The Morgan fingerprint density at radius 1 is 0.920 bits per heavy atom. The molecule has 1 aromatic carbocycles. The lowest BCUT2D eigenvalue weighted by atomic mass is 9.83. The van der Waals surface area contributed by atoms with Gasteiger partial charge in [0.25, 0.3) is 0 Å². The van der Waals surface area contributed by atoms with E-state index in [4.69, 9.17) is 0 Å². The standard InChI is InChI=1S/C13H9F8N3O/c14-9-3-1-8(2-4-9)10(25,5-24-7-22-6-23-24)11(15,16)12(17,18)13(19,20)21/h1-4,6-7,25H,5H2. The molecule has 0 bridgehead atoms. The molecule has 0 saturated carbocycles. The summed E-state index contributed by atoms with van der Waals surface area (Å²) in [7, 11) is 0. The highest BCUT2D eigenvalue weighted by atomic mass is 19.4. The van der Waals surface area contributed by atoms with E-state index < -0.39 is 41.5 Å². The zero-order chi connectivity index (χ0) is 19.1. The van der Waals surface area contributed by atoms with Crippen LogP contribution in [0.3, 0.4) is 0 Å². The minimum absolute atomic E-state index is 0.448. The third kappa shape index (κ3) is 3.05. The van der Waals surface area contributed by atoms with Gasteiger partial charge in [-0.3, -0.25) is 0 Å². The zero-order valence-corrected chi connectivity index (χ0v) is 12.0. The van der Waals surface area contributed by atoms with Crippen molar-refractivity contribution in [2.75, 3.05) is 0 Å². The number of nitrogens with zero attached hydrogens (tertiary/aromatic N) is 3. The van der Waals surface area contributed by atoms with E-state index in [1.165, 1.54) is 0 Å². The van der Waals surface area contributed by atoms with Crippen LogP contribution in [-0.2, 0) is 12.1 Å². The Morgan fingerprint density at radius 3 is 1.92 bits per heavy atom. The Balaban J connectivity index is 2.63. The van der Waals surface area contributed by atoms with Crippen molar-refractivity contribution in [2.45, 2.75) is 30.2 Å². The molecule has 0 radical (unpaired) electrons. The first-order valence-electron chi connectivity index (χ1n) is 6.46. The fourth-order valence-corrected chi connectivity index (χ4v) is 2.08. The SMILES string of the molecule is OC(Cn1cncn1)(c1ccc(F)cc1)C(F)(F)C(F)(F)C(F)(F)F. The van der Waals surface area contributed by atoms with Gasteiger partial charge in [0, 0.05) is 0 Å². The van der Waals surface area contributed by atoms with Crippen molar-refractivity contribution in [2.24, 2.45) is 0 Å². The molecule has 2 aromatic rings. The maximum atomic E-state index is 14.2. The fraction of sp³-hybridized carbons (Fsp3) is 0.385. The third-order valence-electron chi connectivity index (χ3n) is 3.45. The second kappa shape index (κ2) is 5.93. The maximum Gasteiger partial charge on any atom is 0.460 e. The monoisotopic (exact) mass is 375 g/mol. The zero-order valence-electron chi connectivity index (χ0n) is 12.0. The molecular formula is C13H9F8N3O. The molecule has 0 spiro atoms. The summed E-state index contributed by atoms with van der Waals surface area (Å²) < 4.78 is 106. The van der Waals surface area contributed by atoms with E-state index in [-0.39, 0.29) is 0 Å². The highest BCUT2D eigenvalue weighted by Crippen LogP contribution is 2.54. The fourth-order valence-electron chi connectivity index (χ4n) is 2.08. The first-order valence-corrected chi connectivity index (χ1v) is 6.46. The molecular weight excluding hydrogens is 366 g/mol. The van der Waals surface area contributed by atoms with Crippen molar-refractivity contribution in [1.82, 2.24) is 14.8 Å². The molecule has 0 saturated heterocycles. The second-order valence-electron chi connectivity index (χ2n) is 5.11. The molecule has 0 aliphatic rings. The number of aromatic nitrogens is 3. The van der Waals surface area contributed by atoms with Gasteiger partial charge in [-0.1, -0.05) is 12.1 Å². The number of rotatable bonds is 5. The molecule has 2 rings (SSSR count). The van der Waals surface area contributed by atoms with Gasteiger partial charge < -0.3 is 5.11 Å². The molecule has 4 nitrogen and oxygen atoms in total. The predicted octanol–water partition coefficient (Wildman–Crippen LogP) is 3.14. The van der Waals surface area contributed by atoms with Crippen LogP contribution in [0.15, 0.2) is 36.9 Å². The van der Waals surface area contributed by atoms with E-state index in [9.17, 15) is 40.2 Å². The normalized spacial score (nSPS) is 15.9. The van der Waals surface area contributed by atoms with Crippen molar-refractivity contribution >= 4 is 0 Å². The van der Waals surface area contributed by atoms with E-state index in [1.54, 1.807) is 0 Å². The van der Waals surface area contributed by atoms with Gasteiger partial charge >= 0.3 is 18.0 Å². The Kier molecular flexibility index (Phi) is 4.53. The molecule has 138 valence electrons. The quantitative estimate of drug-likeness (QED) is 0.817. The van der Waals surface area contributed by atoms with Crippen molar-refractivity contribution in [3.63, 3.8) is 0 Å². The number of aliphatic hydroxyl groups is 1. The Labute approximate surface area is 134 Å². The van der Waals surface area contributed by atoms with Crippen LogP contribution in [-0.4, -0.2) is 37.9 Å². The highest BCUT2D eigenvalue weighted by molar-refractivity contribution is 5.27. The van der Waals surface area contributed by atoms with Crippen LogP contribution < -0.4 is 0 Å². The molecule has 12 heteroatoms. The summed E-state index contributed by atoms with van der Waals surface area (Å²) in [6.45, 7) is -1.49. The molecule has 1 N–H and O–H groups in total. The lowest BCUT2D eigenvalue weighted by molar-refractivity contribution is -0.392. The summed E-state index contributed by atoms with van der Waals surface area (Å²) >= 11 is 0. The van der Waals surface area contributed by atoms with Crippen molar-refractivity contribution in [3.8, 4) is 0 Å². The molecule has 1 atom stereocenters. The third-order valence-corrected chi connectivity index (χ3v) is 3.45. The van der Waals surface area contributed by atoms with E-state index in [2.05, 4.69) is 10.1 Å². The minimum atomic E-state index is -6.65. The molecule has 0 aliphatic heterocycles. The van der Waals surface area contributed by atoms with Gasteiger partial charge in [0.15, 0.2) is 5.60 Å². The summed E-state index contributed by atoms with van der Waals surface area (Å²) in [5, 5.41) is 13.5. The topological polar surface area (TPSA) is 50.9 Å². The van der Waals surface area contributed by atoms with Crippen molar-refractivity contribution in [3.05, 3.63) is 48.3 Å².